The topological polar surface area (TPSA) is 67.6 Å². The largest absolute Gasteiger partial charge is 0.399 e. The highest BCUT2D eigenvalue weighted by Crippen LogP contribution is 2.13. The van der Waals surface area contributed by atoms with Gasteiger partial charge in [0.25, 0.3) is 0 Å². The maximum absolute atomic E-state index is 12.1. The third-order valence-electron chi connectivity index (χ3n) is 4.09. The van der Waals surface area contributed by atoms with Gasteiger partial charge in [-0.1, -0.05) is 24.3 Å². The molecule has 1 amide bonds. The summed E-state index contributed by atoms with van der Waals surface area (Å²) < 4.78 is 5.36. The zero-order chi connectivity index (χ0) is 16.8. The van der Waals surface area contributed by atoms with Crippen molar-refractivity contribution < 1.29 is 9.53 Å². The van der Waals surface area contributed by atoms with Gasteiger partial charge < -0.3 is 15.8 Å². The summed E-state index contributed by atoms with van der Waals surface area (Å²) >= 11 is 0. The van der Waals surface area contributed by atoms with Crippen LogP contribution < -0.4 is 11.1 Å². The van der Waals surface area contributed by atoms with Crippen molar-refractivity contribution in [2.75, 3.05) is 37.4 Å². The van der Waals surface area contributed by atoms with Crippen LogP contribution in [0.25, 0.3) is 0 Å². The van der Waals surface area contributed by atoms with Crippen LogP contribution in [0.3, 0.4) is 0 Å². The maximum Gasteiger partial charge on any atom is 0.228 e. The lowest BCUT2D eigenvalue weighted by Crippen LogP contribution is -2.35. The van der Waals surface area contributed by atoms with E-state index in [4.69, 9.17) is 10.5 Å². The molecule has 0 aromatic heterocycles. The van der Waals surface area contributed by atoms with Gasteiger partial charge in [0.2, 0.25) is 5.91 Å². The number of benzene rings is 2. The van der Waals surface area contributed by atoms with Crippen molar-refractivity contribution in [1.29, 1.82) is 0 Å². The summed E-state index contributed by atoms with van der Waals surface area (Å²) in [4.78, 5) is 14.5. The summed E-state index contributed by atoms with van der Waals surface area (Å²) in [6.07, 6.45) is 0.343. The summed E-state index contributed by atoms with van der Waals surface area (Å²) in [7, 11) is 0. The second-order valence-corrected chi connectivity index (χ2v) is 6.05. The number of nitrogens with one attached hydrogen (secondary N) is 1. The van der Waals surface area contributed by atoms with Crippen LogP contribution in [0.1, 0.15) is 11.1 Å². The number of morpholine rings is 1. The number of ether oxygens (including phenoxy) is 1. The summed E-state index contributed by atoms with van der Waals surface area (Å²) in [5.74, 6) is -0.0271. The molecule has 2 aromatic carbocycles. The molecule has 0 unspecified atom stereocenters. The molecular formula is C19H23N3O2. The molecule has 5 heteroatoms. The number of carbonyl (C=O) groups excluding carboxylic acids is 1. The van der Waals surface area contributed by atoms with Gasteiger partial charge in [-0.05, 0) is 35.4 Å². The molecule has 1 fully saturated rings. The minimum Gasteiger partial charge on any atom is -0.399 e. The second kappa shape index (κ2) is 7.95. The minimum absolute atomic E-state index is 0.0271. The fourth-order valence-corrected chi connectivity index (χ4v) is 2.74. The quantitative estimate of drug-likeness (QED) is 0.828. The Labute approximate surface area is 142 Å². The van der Waals surface area contributed by atoms with Crippen molar-refractivity contribution in [3.8, 4) is 0 Å². The van der Waals surface area contributed by atoms with Gasteiger partial charge in [0.1, 0.15) is 0 Å². The molecule has 126 valence electrons. The Bertz CT molecular complexity index is 662. The molecule has 1 aliphatic heterocycles. The SMILES string of the molecule is Nc1ccc(CC(=O)Nc2ccc(CN3CCOCC3)cc2)cc1. The number of rotatable bonds is 5. The first-order valence-electron chi connectivity index (χ1n) is 8.22. The molecule has 3 N–H and O–H groups in total. The van der Waals surface area contributed by atoms with Crippen LogP contribution in [0.15, 0.2) is 48.5 Å². The Hall–Kier alpha value is -2.37. The fourth-order valence-electron chi connectivity index (χ4n) is 2.74. The molecule has 0 bridgehead atoms. The number of nitrogens with two attached hydrogens (primary N) is 1. The number of hydrogen-bond acceptors (Lipinski definition) is 4. The molecule has 0 atom stereocenters. The lowest BCUT2D eigenvalue weighted by atomic mass is 10.1. The predicted molar refractivity (Wildman–Crippen MR) is 95.7 cm³/mol. The van der Waals surface area contributed by atoms with Gasteiger partial charge in [-0.15, -0.1) is 0 Å². The third-order valence-corrected chi connectivity index (χ3v) is 4.09. The maximum atomic E-state index is 12.1. The number of carbonyl (C=O) groups is 1. The number of hydrogen-bond donors (Lipinski definition) is 2. The fraction of sp³-hybridized carbons (Fsp3) is 0.316. The van der Waals surface area contributed by atoms with Gasteiger partial charge >= 0.3 is 0 Å². The Balaban J connectivity index is 1.51. The Morgan fingerprint density at radius 3 is 2.29 bits per heavy atom. The Morgan fingerprint density at radius 2 is 1.62 bits per heavy atom. The van der Waals surface area contributed by atoms with Crippen LogP contribution in [0.2, 0.25) is 0 Å². The monoisotopic (exact) mass is 325 g/mol. The summed E-state index contributed by atoms with van der Waals surface area (Å²) in [6, 6.07) is 15.4. The Morgan fingerprint density at radius 1 is 1.00 bits per heavy atom. The van der Waals surface area contributed by atoms with Gasteiger partial charge in [-0.3, -0.25) is 9.69 Å². The van der Waals surface area contributed by atoms with Crippen LogP contribution in [0, 0.1) is 0 Å². The van der Waals surface area contributed by atoms with Crippen molar-refractivity contribution in [2.24, 2.45) is 0 Å². The standard InChI is InChI=1S/C19H23N3O2/c20-17-5-1-15(2-6-17)13-19(23)21-18-7-3-16(4-8-18)14-22-9-11-24-12-10-22/h1-8H,9-14,20H2,(H,21,23). The molecule has 0 spiro atoms. The molecule has 0 saturated carbocycles. The lowest BCUT2D eigenvalue weighted by molar-refractivity contribution is -0.115. The summed E-state index contributed by atoms with van der Waals surface area (Å²) in [5.41, 5.74) is 9.37. The normalized spacial score (nSPS) is 15.2. The van der Waals surface area contributed by atoms with E-state index in [0.29, 0.717) is 12.1 Å². The van der Waals surface area contributed by atoms with Crippen LogP contribution in [0.4, 0.5) is 11.4 Å². The van der Waals surface area contributed by atoms with Gasteiger partial charge in [-0.2, -0.15) is 0 Å². The van der Waals surface area contributed by atoms with Crippen LogP contribution in [-0.2, 0) is 22.5 Å². The average Bonchev–Trinajstić information content (AvgIpc) is 2.60. The van der Waals surface area contributed by atoms with E-state index in [1.165, 1.54) is 5.56 Å². The molecule has 1 saturated heterocycles. The second-order valence-electron chi connectivity index (χ2n) is 6.05. The average molecular weight is 325 g/mol. The van der Waals surface area contributed by atoms with Crippen LogP contribution in [0.5, 0.6) is 0 Å². The molecule has 0 aliphatic carbocycles. The number of anilines is 2. The summed E-state index contributed by atoms with van der Waals surface area (Å²) in [6.45, 7) is 4.47. The van der Waals surface area contributed by atoms with Crippen molar-refractivity contribution in [3.63, 3.8) is 0 Å². The highest BCUT2D eigenvalue weighted by molar-refractivity contribution is 5.92. The van der Waals surface area contributed by atoms with E-state index in [9.17, 15) is 4.79 Å². The third kappa shape index (κ3) is 4.81. The van der Waals surface area contributed by atoms with E-state index in [2.05, 4.69) is 22.3 Å². The first-order valence-corrected chi connectivity index (χ1v) is 8.22. The smallest absolute Gasteiger partial charge is 0.228 e. The van der Waals surface area contributed by atoms with E-state index < -0.39 is 0 Å². The highest BCUT2D eigenvalue weighted by Gasteiger charge is 2.10. The van der Waals surface area contributed by atoms with Crippen molar-refractivity contribution >= 4 is 17.3 Å². The Kier molecular flexibility index (Phi) is 5.46. The molecule has 3 rings (SSSR count). The molecule has 1 heterocycles. The number of amides is 1. The van der Waals surface area contributed by atoms with E-state index in [0.717, 1.165) is 44.1 Å². The van der Waals surface area contributed by atoms with E-state index in [1.54, 1.807) is 0 Å². The summed E-state index contributed by atoms with van der Waals surface area (Å²) in [5, 5.41) is 2.93. The van der Waals surface area contributed by atoms with Gasteiger partial charge in [-0.25, -0.2) is 0 Å². The van der Waals surface area contributed by atoms with E-state index >= 15 is 0 Å². The van der Waals surface area contributed by atoms with Gasteiger partial charge in [0.05, 0.1) is 19.6 Å². The zero-order valence-corrected chi connectivity index (χ0v) is 13.7. The minimum atomic E-state index is -0.0271. The number of nitrogens with zero attached hydrogens (tertiary/aromatic N) is 1. The molecule has 5 nitrogen and oxygen atoms in total. The molecular weight excluding hydrogens is 302 g/mol. The predicted octanol–water partition coefficient (Wildman–Crippen LogP) is 2.28. The van der Waals surface area contributed by atoms with Crippen molar-refractivity contribution in [2.45, 2.75) is 13.0 Å². The van der Waals surface area contributed by atoms with Gasteiger partial charge in [0, 0.05) is 31.0 Å². The molecule has 1 aliphatic rings. The van der Waals surface area contributed by atoms with E-state index in [1.807, 2.05) is 36.4 Å². The molecule has 24 heavy (non-hydrogen) atoms. The van der Waals surface area contributed by atoms with Crippen molar-refractivity contribution in [1.82, 2.24) is 4.90 Å². The van der Waals surface area contributed by atoms with Gasteiger partial charge in [0.15, 0.2) is 0 Å². The first kappa shape index (κ1) is 16.5. The van der Waals surface area contributed by atoms with Crippen molar-refractivity contribution in [3.05, 3.63) is 59.7 Å². The van der Waals surface area contributed by atoms with Crippen LogP contribution >= 0.6 is 0 Å². The molecule has 0 radical (unpaired) electrons. The first-order chi connectivity index (χ1) is 11.7. The zero-order valence-electron chi connectivity index (χ0n) is 13.7. The molecule has 2 aromatic rings. The highest BCUT2D eigenvalue weighted by atomic mass is 16.5. The van der Waals surface area contributed by atoms with Crippen LogP contribution in [-0.4, -0.2) is 37.1 Å². The lowest BCUT2D eigenvalue weighted by Gasteiger charge is -2.26. The van der Waals surface area contributed by atoms with E-state index in [-0.39, 0.29) is 5.91 Å². The number of nitrogen functional groups attached to an aromatic ring is 1.